The summed E-state index contributed by atoms with van der Waals surface area (Å²) in [6.45, 7) is 1.09. The normalized spacial score (nSPS) is 34.6. The summed E-state index contributed by atoms with van der Waals surface area (Å²) in [5, 5.41) is 4.08. The van der Waals surface area contributed by atoms with Crippen molar-refractivity contribution < 1.29 is 4.39 Å². The van der Waals surface area contributed by atoms with E-state index in [0.717, 1.165) is 36.4 Å². The molecule has 3 aliphatic carbocycles. The molecule has 0 radical (unpaired) electrons. The standard InChI is InChI=1S/C18H23ClFN/c19-17-13(2-1-3-16(17)20)10-18(11-21-15-6-7-15)9-12-4-5-14(18)8-12/h1-3,12,14-15,21H,4-11H2. The fourth-order valence-electron chi connectivity index (χ4n) is 4.75. The van der Waals surface area contributed by atoms with Crippen molar-refractivity contribution in [3.8, 4) is 0 Å². The first-order valence-electron chi connectivity index (χ1n) is 8.32. The maximum Gasteiger partial charge on any atom is 0.142 e. The predicted molar refractivity (Wildman–Crippen MR) is 84.0 cm³/mol. The smallest absolute Gasteiger partial charge is 0.142 e. The second-order valence-electron chi connectivity index (χ2n) is 7.49. The van der Waals surface area contributed by atoms with Crippen molar-refractivity contribution in [2.75, 3.05) is 6.54 Å². The number of hydrogen-bond donors (Lipinski definition) is 1. The molecule has 1 aromatic carbocycles. The first-order chi connectivity index (χ1) is 10.2. The highest BCUT2D eigenvalue weighted by molar-refractivity contribution is 6.31. The Morgan fingerprint density at radius 2 is 2.10 bits per heavy atom. The van der Waals surface area contributed by atoms with E-state index >= 15 is 0 Å². The summed E-state index contributed by atoms with van der Waals surface area (Å²) in [5.74, 6) is 1.42. The SMILES string of the molecule is Fc1cccc(CC2(CNC3CC3)CC3CCC2C3)c1Cl. The lowest BCUT2D eigenvalue weighted by atomic mass is 9.69. The highest BCUT2D eigenvalue weighted by Crippen LogP contribution is 2.57. The Hall–Kier alpha value is -0.600. The third-order valence-electron chi connectivity index (χ3n) is 6.00. The van der Waals surface area contributed by atoms with Crippen molar-refractivity contribution in [2.45, 2.75) is 51.0 Å². The molecule has 3 fully saturated rings. The fourth-order valence-corrected chi connectivity index (χ4v) is 4.95. The molecule has 0 aromatic heterocycles. The number of rotatable bonds is 5. The molecule has 0 amide bonds. The van der Waals surface area contributed by atoms with E-state index in [4.69, 9.17) is 11.6 Å². The minimum atomic E-state index is -0.275. The van der Waals surface area contributed by atoms with E-state index in [2.05, 4.69) is 5.32 Å². The lowest BCUT2D eigenvalue weighted by Crippen LogP contribution is -2.41. The maximum atomic E-state index is 13.7. The molecule has 0 heterocycles. The summed E-state index contributed by atoms with van der Waals surface area (Å²) in [4.78, 5) is 0. The molecule has 3 atom stereocenters. The number of fused-ring (bicyclic) bond motifs is 2. The van der Waals surface area contributed by atoms with Gasteiger partial charge in [-0.1, -0.05) is 30.2 Å². The summed E-state index contributed by atoms with van der Waals surface area (Å²) >= 11 is 6.22. The lowest BCUT2D eigenvalue weighted by Gasteiger charge is -2.39. The number of halogens is 2. The van der Waals surface area contributed by atoms with Gasteiger partial charge in [-0.2, -0.15) is 0 Å². The third kappa shape index (κ3) is 2.61. The van der Waals surface area contributed by atoms with Crippen molar-refractivity contribution in [3.63, 3.8) is 0 Å². The van der Waals surface area contributed by atoms with Crippen LogP contribution in [0.5, 0.6) is 0 Å². The van der Waals surface area contributed by atoms with Gasteiger partial charge in [-0.25, -0.2) is 4.39 Å². The molecule has 0 aliphatic heterocycles. The van der Waals surface area contributed by atoms with Crippen LogP contribution in [-0.4, -0.2) is 12.6 Å². The molecule has 3 unspecified atom stereocenters. The summed E-state index contributed by atoms with van der Waals surface area (Å²) in [6, 6.07) is 6.01. The number of benzene rings is 1. The number of nitrogens with one attached hydrogen (secondary N) is 1. The summed E-state index contributed by atoms with van der Waals surface area (Å²) < 4.78 is 13.7. The van der Waals surface area contributed by atoms with E-state index in [-0.39, 0.29) is 5.82 Å². The van der Waals surface area contributed by atoms with Gasteiger partial charge in [-0.15, -0.1) is 0 Å². The Bertz CT molecular complexity index is 542. The zero-order valence-electron chi connectivity index (χ0n) is 12.4. The van der Waals surface area contributed by atoms with E-state index in [1.807, 2.05) is 6.07 Å². The Balaban J connectivity index is 1.58. The van der Waals surface area contributed by atoms with Crippen LogP contribution in [0.15, 0.2) is 18.2 Å². The zero-order valence-corrected chi connectivity index (χ0v) is 13.1. The van der Waals surface area contributed by atoms with Crippen LogP contribution < -0.4 is 5.32 Å². The second-order valence-corrected chi connectivity index (χ2v) is 7.87. The van der Waals surface area contributed by atoms with Gasteiger partial charge in [0.05, 0.1) is 5.02 Å². The van der Waals surface area contributed by atoms with Gasteiger partial charge >= 0.3 is 0 Å². The fraction of sp³-hybridized carbons (Fsp3) is 0.667. The molecule has 0 spiro atoms. The van der Waals surface area contributed by atoms with Crippen LogP contribution in [0, 0.1) is 23.1 Å². The summed E-state index contributed by atoms with van der Waals surface area (Å²) in [5.41, 5.74) is 1.31. The molecular weight excluding hydrogens is 285 g/mol. The Morgan fingerprint density at radius 3 is 2.76 bits per heavy atom. The lowest BCUT2D eigenvalue weighted by molar-refractivity contribution is 0.155. The molecule has 1 aromatic rings. The van der Waals surface area contributed by atoms with Crippen molar-refractivity contribution in [2.24, 2.45) is 17.3 Å². The molecular formula is C18H23ClFN. The third-order valence-corrected chi connectivity index (χ3v) is 6.42. The van der Waals surface area contributed by atoms with Crippen molar-refractivity contribution in [3.05, 3.63) is 34.6 Å². The molecule has 114 valence electrons. The minimum absolute atomic E-state index is 0.275. The highest BCUT2D eigenvalue weighted by Gasteiger charge is 2.51. The van der Waals surface area contributed by atoms with Crippen molar-refractivity contribution >= 4 is 11.6 Å². The van der Waals surface area contributed by atoms with Crippen LogP contribution >= 0.6 is 11.6 Å². The Kier molecular flexibility index (Phi) is 3.50. The van der Waals surface area contributed by atoms with Crippen LogP contribution in [0.1, 0.15) is 44.1 Å². The topological polar surface area (TPSA) is 12.0 Å². The predicted octanol–water partition coefficient (Wildman–Crippen LogP) is 4.58. The molecule has 1 nitrogen and oxygen atoms in total. The van der Waals surface area contributed by atoms with E-state index in [1.165, 1.54) is 44.6 Å². The van der Waals surface area contributed by atoms with Gasteiger partial charge in [0.25, 0.3) is 0 Å². The minimum Gasteiger partial charge on any atom is -0.313 e. The van der Waals surface area contributed by atoms with Gasteiger partial charge < -0.3 is 5.32 Å². The van der Waals surface area contributed by atoms with Gasteiger partial charge in [0.15, 0.2) is 0 Å². The van der Waals surface area contributed by atoms with Crippen LogP contribution in [0.2, 0.25) is 5.02 Å². The van der Waals surface area contributed by atoms with E-state index < -0.39 is 0 Å². The second kappa shape index (κ2) is 5.24. The summed E-state index contributed by atoms with van der Waals surface area (Å²) in [7, 11) is 0. The van der Waals surface area contributed by atoms with Gasteiger partial charge in [0.1, 0.15) is 5.82 Å². The van der Waals surface area contributed by atoms with Crippen LogP contribution in [0.4, 0.5) is 4.39 Å². The van der Waals surface area contributed by atoms with Gasteiger partial charge in [0.2, 0.25) is 0 Å². The van der Waals surface area contributed by atoms with Crippen LogP contribution in [-0.2, 0) is 6.42 Å². The summed E-state index contributed by atoms with van der Waals surface area (Å²) in [6.07, 6.45) is 9.00. The van der Waals surface area contributed by atoms with E-state index in [0.29, 0.717) is 10.4 Å². The Labute approximate surface area is 131 Å². The molecule has 2 bridgehead atoms. The van der Waals surface area contributed by atoms with Gasteiger partial charge in [-0.3, -0.25) is 0 Å². The first kappa shape index (κ1) is 14.0. The average molecular weight is 308 g/mol. The monoisotopic (exact) mass is 307 g/mol. The van der Waals surface area contributed by atoms with Crippen molar-refractivity contribution in [1.82, 2.24) is 5.32 Å². The van der Waals surface area contributed by atoms with Crippen LogP contribution in [0.3, 0.4) is 0 Å². The van der Waals surface area contributed by atoms with Crippen LogP contribution in [0.25, 0.3) is 0 Å². The maximum absolute atomic E-state index is 13.7. The van der Waals surface area contributed by atoms with Crippen molar-refractivity contribution in [1.29, 1.82) is 0 Å². The van der Waals surface area contributed by atoms with E-state index in [9.17, 15) is 4.39 Å². The molecule has 21 heavy (non-hydrogen) atoms. The quantitative estimate of drug-likeness (QED) is 0.839. The molecule has 0 saturated heterocycles. The van der Waals surface area contributed by atoms with Gasteiger partial charge in [-0.05, 0) is 67.4 Å². The average Bonchev–Trinajstić information content (AvgIpc) is 3.10. The molecule has 3 heteroatoms. The molecule has 3 saturated carbocycles. The van der Waals surface area contributed by atoms with Gasteiger partial charge in [0, 0.05) is 12.6 Å². The highest BCUT2D eigenvalue weighted by atomic mass is 35.5. The Morgan fingerprint density at radius 1 is 1.24 bits per heavy atom. The molecule has 4 rings (SSSR count). The zero-order chi connectivity index (χ0) is 14.4. The number of hydrogen-bond acceptors (Lipinski definition) is 1. The molecule has 1 N–H and O–H groups in total. The largest absolute Gasteiger partial charge is 0.313 e. The van der Waals surface area contributed by atoms with E-state index in [1.54, 1.807) is 6.07 Å². The first-order valence-corrected chi connectivity index (χ1v) is 8.70. The molecule has 3 aliphatic rings.